The topological polar surface area (TPSA) is 83.3 Å². The first-order chi connectivity index (χ1) is 11.9. The number of thioether (sulfide) groups is 1. The Kier molecular flexibility index (Phi) is 6.17. The number of aryl methyl sites for hydroxylation is 1. The van der Waals surface area contributed by atoms with Gasteiger partial charge in [-0.05, 0) is 68.5 Å². The minimum atomic E-state index is -0.368. The number of nitrogens with zero attached hydrogens (tertiary/aromatic N) is 4. The van der Waals surface area contributed by atoms with Gasteiger partial charge in [0, 0.05) is 24.2 Å². The molecular formula is C17H18N4O2S2. The lowest BCUT2D eigenvalue weighted by Crippen LogP contribution is -2.27. The first kappa shape index (κ1) is 19.0. The molecule has 0 fully saturated rings. The van der Waals surface area contributed by atoms with Gasteiger partial charge in [0.05, 0.1) is 5.69 Å². The van der Waals surface area contributed by atoms with Crippen molar-refractivity contribution in [3.8, 4) is 11.3 Å². The van der Waals surface area contributed by atoms with E-state index in [1.807, 2.05) is 32.2 Å². The second-order valence-electron chi connectivity index (χ2n) is 5.21. The highest BCUT2D eigenvalue weighted by Crippen LogP contribution is 2.25. The molecule has 8 heteroatoms. The number of thiocyanates is 1. The third kappa shape index (κ3) is 3.83. The van der Waals surface area contributed by atoms with Crippen molar-refractivity contribution in [2.75, 3.05) is 0 Å². The van der Waals surface area contributed by atoms with E-state index in [2.05, 4.69) is 4.99 Å². The Labute approximate surface area is 155 Å². The van der Waals surface area contributed by atoms with Crippen molar-refractivity contribution in [2.24, 2.45) is 4.99 Å². The molecule has 0 saturated heterocycles. The molecule has 6 nitrogen and oxygen atoms in total. The molecule has 1 N–H and O–H groups in total. The molecule has 130 valence electrons. The van der Waals surface area contributed by atoms with E-state index in [4.69, 9.17) is 17.5 Å². The van der Waals surface area contributed by atoms with Gasteiger partial charge >= 0.3 is 0 Å². The molecule has 0 unspecified atom stereocenters. The van der Waals surface area contributed by atoms with Crippen LogP contribution < -0.4 is 5.56 Å². The predicted molar refractivity (Wildman–Crippen MR) is 102 cm³/mol. The average molecular weight is 374 g/mol. The molecule has 0 aliphatic heterocycles. The molecule has 1 aromatic heterocycles. The van der Waals surface area contributed by atoms with E-state index in [-0.39, 0.29) is 17.0 Å². The maximum atomic E-state index is 12.5. The maximum Gasteiger partial charge on any atom is 0.267 e. The lowest BCUT2D eigenvalue weighted by molar-refractivity contribution is 0.399. The molecule has 0 bridgehead atoms. The Morgan fingerprint density at radius 2 is 2.04 bits per heavy atom. The molecular weight excluding hydrogens is 356 g/mol. The Bertz CT molecular complexity index is 984. The van der Waals surface area contributed by atoms with Crippen molar-refractivity contribution >= 4 is 35.9 Å². The van der Waals surface area contributed by atoms with Crippen LogP contribution in [0.1, 0.15) is 25.0 Å². The van der Waals surface area contributed by atoms with E-state index in [1.165, 1.54) is 15.3 Å². The van der Waals surface area contributed by atoms with E-state index >= 15 is 0 Å². The zero-order chi connectivity index (χ0) is 18.6. The fourth-order valence-electron chi connectivity index (χ4n) is 2.41. The molecule has 2 rings (SSSR count). The Balaban J connectivity index is 2.54. The first-order valence-electron chi connectivity index (χ1n) is 7.71. The fourth-order valence-corrected chi connectivity index (χ4v) is 3.31. The van der Waals surface area contributed by atoms with Crippen LogP contribution in [-0.4, -0.2) is 20.5 Å². The number of aromatic hydroxyl groups is 1. The minimum Gasteiger partial charge on any atom is -0.494 e. The van der Waals surface area contributed by atoms with Crippen LogP contribution in [0.2, 0.25) is 0 Å². The molecule has 0 atom stereocenters. The van der Waals surface area contributed by atoms with E-state index < -0.39 is 0 Å². The summed E-state index contributed by atoms with van der Waals surface area (Å²) >= 11 is 6.33. The predicted octanol–water partition coefficient (Wildman–Crippen LogP) is 3.76. The van der Waals surface area contributed by atoms with Crippen LogP contribution in [0.15, 0.2) is 32.9 Å². The van der Waals surface area contributed by atoms with Gasteiger partial charge in [0.1, 0.15) is 11.0 Å². The van der Waals surface area contributed by atoms with Gasteiger partial charge in [-0.15, -0.1) is 0 Å². The Morgan fingerprint density at radius 3 is 2.60 bits per heavy atom. The van der Waals surface area contributed by atoms with Crippen molar-refractivity contribution in [2.45, 2.75) is 38.8 Å². The van der Waals surface area contributed by atoms with Crippen molar-refractivity contribution in [3.63, 3.8) is 0 Å². The van der Waals surface area contributed by atoms with Crippen LogP contribution in [0.4, 0.5) is 5.69 Å². The zero-order valence-electron chi connectivity index (χ0n) is 14.2. The third-order valence-electron chi connectivity index (χ3n) is 3.73. The summed E-state index contributed by atoms with van der Waals surface area (Å²) in [6.07, 6.45) is 1.37. The Morgan fingerprint density at radius 1 is 1.36 bits per heavy atom. The molecule has 0 spiro atoms. The average Bonchev–Trinajstić information content (AvgIpc) is 2.57. The largest absolute Gasteiger partial charge is 0.494 e. The van der Waals surface area contributed by atoms with Gasteiger partial charge in [0.25, 0.3) is 5.56 Å². The molecule has 0 radical (unpaired) electrons. The van der Waals surface area contributed by atoms with Crippen molar-refractivity contribution in [1.82, 2.24) is 9.13 Å². The molecule has 0 aliphatic rings. The highest BCUT2D eigenvalue weighted by Gasteiger charge is 2.14. The standard InChI is InChI=1S/C17H18N4O2S2/c1-4-20-15(22)13(16(23)21(5-2)17(20)24)9-19-14-7-6-12(25-10-18)8-11(14)3/h6-9,22H,4-5H2,1-3H3. The quantitative estimate of drug-likeness (QED) is 0.373. The molecule has 2 aromatic rings. The highest BCUT2D eigenvalue weighted by molar-refractivity contribution is 8.03. The van der Waals surface area contributed by atoms with Crippen LogP contribution >= 0.6 is 24.0 Å². The van der Waals surface area contributed by atoms with Gasteiger partial charge < -0.3 is 5.11 Å². The van der Waals surface area contributed by atoms with Gasteiger partial charge in [-0.3, -0.25) is 18.9 Å². The number of hydrogen-bond donors (Lipinski definition) is 1. The van der Waals surface area contributed by atoms with E-state index in [0.717, 1.165) is 22.2 Å². The summed E-state index contributed by atoms with van der Waals surface area (Å²) in [6, 6.07) is 5.41. The van der Waals surface area contributed by atoms with Gasteiger partial charge in [-0.25, -0.2) is 0 Å². The lowest BCUT2D eigenvalue weighted by Gasteiger charge is -2.13. The molecule has 25 heavy (non-hydrogen) atoms. The molecule has 1 aromatic carbocycles. The van der Waals surface area contributed by atoms with Crippen LogP contribution in [0.3, 0.4) is 0 Å². The van der Waals surface area contributed by atoms with Crippen LogP contribution in [-0.2, 0) is 13.1 Å². The number of nitriles is 1. The monoisotopic (exact) mass is 374 g/mol. The van der Waals surface area contributed by atoms with Crippen molar-refractivity contribution in [1.29, 1.82) is 5.26 Å². The van der Waals surface area contributed by atoms with Crippen molar-refractivity contribution in [3.05, 3.63) is 44.5 Å². The van der Waals surface area contributed by atoms with Crippen LogP contribution in [0, 0.1) is 22.4 Å². The minimum absolute atomic E-state index is 0.104. The summed E-state index contributed by atoms with van der Waals surface area (Å²) in [4.78, 5) is 17.7. The summed E-state index contributed by atoms with van der Waals surface area (Å²) in [6.45, 7) is 6.40. The van der Waals surface area contributed by atoms with E-state index in [0.29, 0.717) is 23.5 Å². The first-order valence-corrected chi connectivity index (χ1v) is 8.94. The maximum absolute atomic E-state index is 12.5. The summed E-state index contributed by atoms with van der Waals surface area (Å²) in [5.74, 6) is -0.180. The van der Waals surface area contributed by atoms with E-state index in [9.17, 15) is 9.90 Å². The van der Waals surface area contributed by atoms with Gasteiger partial charge in [-0.2, -0.15) is 5.26 Å². The SMILES string of the molecule is CCn1c(O)c(C=Nc2ccc(SC#N)cc2C)c(=O)n(CC)c1=S. The number of benzene rings is 1. The number of aromatic nitrogens is 2. The number of aliphatic imine (C=N–C) groups is 1. The zero-order valence-corrected chi connectivity index (χ0v) is 15.8. The fraction of sp³-hybridized carbons (Fsp3) is 0.294. The molecule has 0 aliphatic carbocycles. The summed E-state index contributed by atoms with van der Waals surface area (Å²) < 4.78 is 3.22. The third-order valence-corrected chi connectivity index (χ3v) is 4.75. The van der Waals surface area contributed by atoms with Gasteiger partial charge in [-0.1, -0.05) is 0 Å². The van der Waals surface area contributed by atoms with Gasteiger partial charge in [0.15, 0.2) is 4.77 Å². The summed E-state index contributed by atoms with van der Waals surface area (Å²) in [7, 11) is 0. The van der Waals surface area contributed by atoms with Crippen LogP contribution in [0.5, 0.6) is 5.88 Å². The number of hydrogen-bond acceptors (Lipinski definition) is 6. The summed E-state index contributed by atoms with van der Waals surface area (Å²) in [5, 5.41) is 21.1. The second kappa shape index (κ2) is 8.14. The van der Waals surface area contributed by atoms with Gasteiger partial charge in [0.2, 0.25) is 5.88 Å². The Hall–Kier alpha value is -2.37. The molecule has 1 heterocycles. The second-order valence-corrected chi connectivity index (χ2v) is 6.44. The molecule has 0 saturated carbocycles. The summed E-state index contributed by atoms with van der Waals surface area (Å²) in [5.41, 5.74) is 1.27. The number of rotatable bonds is 5. The van der Waals surface area contributed by atoms with Crippen LogP contribution in [0.25, 0.3) is 0 Å². The van der Waals surface area contributed by atoms with Crippen molar-refractivity contribution < 1.29 is 5.11 Å². The molecule has 0 amide bonds. The van der Waals surface area contributed by atoms with E-state index in [1.54, 1.807) is 12.1 Å². The highest BCUT2D eigenvalue weighted by atomic mass is 32.2. The smallest absolute Gasteiger partial charge is 0.267 e. The normalized spacial score (nSPS) is 11.0. The lowest BCUT2D eigenvalue weighted by atomic mass is 10.2.